The Kier molecular flexibility index (Phi) is 8.22. The summed E-state index contributed by atoms with van der Waals surface area (Å²) in [6.45, 7) is 13.9. The van der Waals surface area contributed by atoms with Crippen LogP contribution in [0.15, 0.2) is 84.0 Å². The molecular formula is C40H46O9. The zero-order valence-corrected chi connectivity index (χ0v) is 29.1. The molecule has 260 valence electrons. The average molecular weight is 671 g/mol. The zero-order chi connectivity index (χ0) is 34.9. The van der Waals surface area contributed by atoms with Crippen molar-refractivity contribution in [2.75, 3.05) is 13.7 Å². The van der Waals surface area contributed by atoms with E-state index < -0.39 is 46.7 Å². The van der Waals surface area contributed by atoms with Gasteiger partial charge in [-0.3, -0.25) is 9.59 Å². The smallest absolute Gasteiger partial charge is 0.310 e. The predicted molar refractivity (Wildman–Crippen MR) is 181 cm³/mol. The average Bonchev–Trinajstić information content (AvgIpc) is 3.36. The molecule has 9 heteroatoms. The summed E-state index contributed by atoms with van der Waals surface area (Å²) >= 11 is 0. The number of aliphatic hydroxyl groups is 1. The highest BCUT2D eigenvalue weighted by molar-refractivity contribution is 6.04. The lowest BCUT2D eigenvalue weighted by atomic mass is 9.55. The Morgan fingerprint density at radius 2 is 1.84 bits per heavy atom. The quantitative estimate of drug-likeness (QED) is 0.247. The molecule has 5 aliphatic rings. The second-order valence-electron chi connectivity index (χ2n) is 14.8. The lowest BCUT2D eigenvalue weighted by molar-refractivity contribution is -0.421. The summed E-state index contributed by atoms with van der Waals surface area (Å²) in [5.74, 6) is -2.38. The largest absolute Gasteiger partial charge is 0.493 e. The highest BCUT2D eigenvalue weighted by Crippen LogP contribution is 2.68. The van der Waals surface area contributed by atoms with E-state index >= 15 is 0 Å². The van der Waals surface area contributed by atoms with Gasteiger partial charge >= 0.3 is 5.97 Å². The lowest BCUT2D eigenvalue weighted by Crippen LogP contribution is -2.70. The molecule has 8 atom stereocenters. The molecule has 2 heterocycles. The van der Waals surface area contributed by atoms with Crippen LogP contribution in [-0.2, 0) is 41.4 Å². The molecule has 7 rings (SSSR count). The number of benzene rings is 2. The molecule has 0 unspecified atom stereocenters. The summed E-state index contributed by atoms with van der Waals surface area (Å²) in [6.07, 6.45) is 4.24. The van der Waals surface area contributed by atoms with E-state index in [0.717, 1.165) is 11.1 Å². The van der Waals surface area contributed by atoms with Crippen LogP contribution in [-0.4, -0.2) is 65.6 Å². The summed E-state index contributed by atoms with van der Waals surface area (Å²) in [5, 5.41) is 12.5. The van der Waals surface area contributed by atoms with Crippen molar-refractivity contribution in [3.05, 3.63) is 95.1 Å². The van der Waals surface area contributed by atoms with Crippen molar-refractivity contribution in [2.24, 2.45) is 17.8 Å². The van der Waals surface area contributed by atoms with Gasteiger partial charge in [0.15, 0.2) is 17.3 Å². The third-order valence-corrected chi connectivity index (χ3v) is 11.1. The molecule has 49 heavy (non-hydrogen) atoms. The number of ether oxygens (including phenoxy) is 6. The van der Waals surface area contributed by atoms with Gasteiger partial charge in [-0.25, -0.2) is 0 Å². The fraction of sp³-hybridized carbons (Fsp3) is 0.500. The molecule has 3 aliphatic carbocycles. The van der Waals surface area contributed by atoms with Gasteiger partial charge in [-0.2, -0.15) is 0 Å². The third-order valence-electron chi connectivity index (χ3n) is 11.1. The zero-order valence-electron chi connectivity index (χ0n) is 29.1. The first-order chi connectivity index (χ1) is 23.2. The Balaban J connectivity index is 1.23. The van der Waals surface area contributed by atoms with Gasteiger partial charge in [0.1, 0.15) is 23.9 Å². The Bertz CT molecular complexity index is 1740. The molecule has 9 nitrogen and oxygen atoms in total. The molecule has 3 fully saturated rings. The summed E-state index contributed by atoms with van der Waals surface area (Å²) in [7, 11) is 1.56. The second kappa shape index (κ2) is 11.9. The van der Waals surface area contributed by atoms with Gasteiger partial charge in [-0.15, -0.1) is 0 Å². The van der Waals surface area contributed by atoms with Crippen LogP contribution in [0.5, 0.6) is 11.5 Å². The van der Waals surface area contributed by atoms with Gasteiger partial charge in [0.25, 0.3) is 5.97 Å². The van der Waals surface area contributed by atoms with E-state index in [9.17, 15) is 14.7 Å². The van der Waals surface area contributed by atoms with Gasteiger partial charge in [0, 0.05) is 18.3 Å². The number of hydrogen-bond acceptors (Lipinski definition) is 9. The monoisotopic (exact) mass is 670 g/mol. The third kappa shape index (κ3) is 5.28. The molecule has 2 aliphatic heterocycles. The maximum absolute atomic E-state index is 13.9. The van der Waals surface area contributed by atoms with Crippen LogP contribution >= 0.6 is 0 Å². The van der Waals surface area contributed by atoms with E-state index in [1.54, 1.807) is 26.2 Å². The number of ketones is 1. The van der Waals surface area contributed by atoms with Crippen LogP contribution in [0.1, 0.15) is 58.6 Å². The van der Waals surface area contributed by atoms with E-state index in [2.05, 4.69) is 13.5 Å². The highest BCUT2D eigenvalue weighted by atomic mass is 16.9. The Morgan fingerprint density at radius 3 is 2.53 bits per heavy atom. The number of Topliss-reactive ketones (excluding diaryl/α,β-unsaturated/α-hetero) is 1. The van der Waals surface area contributed by atoms with Crippen LogP contribution in [0, 0.1) is 17.8 Å². The maximum Gasteiger partial charge on any atom is 0.310 e. The van der Waals surface area contributed by atoms with Gasteiger partial charge in [0.05, 0.1) is 31.7 Å². The topological polar surface area (TPSA) is 110 Å². The maximum atomic E-state index is 13.9. The number of hydrogen-bond donors (Lipinski definition) is 1. The van der Waals surface area contributed by atoms with Crippen molar-refractivity contribution in [1.29, 1.82) is 0 Å². The van der Waals surface area contributed by atoms with E-state index in [1.165, 1.54) is 0 Å². The number of methoxy groups -OCH3 is 1. The lowest BCUT2D eigenvalue weighted by Gasteiger charge is -2.59. The number of carbonyl (C=O) groups is 2. The molecule has 1 N–H and O–H groups in total. The first-order valence-electron chi connectivity index (χ1n) is 17.2. The van der Waals surface area contributed by atoms with Gasteiger partial charge in [-0.1, -0.05) is 62.1 Å². The number of esters is 1. The number of carbonyl (C=O) groups excluding carboxylic acids is 2. The first kappa shape index (κ1) is 33.7. The minimum absolute atomic E-state index is 0.000342. The van der Waals surface area contributed by atoms with Gasteiger partial charge in [0.2, 0.25) is 0 Å². The summed E-state index contributed by atoms with van der Waals surface area (Å²) in [5.41, 5.74) is -0.0693. The van der Waals surface area contributed by atoms with Crippen LogP contribution in [0.25, 0.3) is 0 Å². The van der Waals surface area contributed by atoms with Crippen molar-refractivity contribution < 1.29 is 43.1 Å². The molecular weight excluding hydrogens is 624 g/mol. The summed E-state index contributed by atoms with van der Waals surface area (Å²) in [4.78, 5) is 27.1. The molecule has 0 aromatic heterocycles. The van der Waals surface area contributed by atoms with E-state index in [1.807, 2.05) is 69.3 Å². The van der Waals surface area contributed by atoms with Crippen LogP contribution < -0.4 is 9.47 Å². The second-order valence-corrected chi connectivity index (χ2v) is 14.8. The molecule has 3 bridgehead atoms. The standard InChI is InChI=1S/C40H46O9/c1-23(2)38-19-26(6)40-30(36(38)47-39(48-38,49-40)21-27-11-9-8-10-12-27)16-29(20-37(43)33(40)15-25(5)35(37)42)22-45-34(41)18-28-13-14-31(46-24(3)4)32(17-28)44-7/h8-17,24,26,30,33,36,43H,1,18-22H2,2-7H3/t26-,30+,33-,36-,37-,38-,39-,40-/m1/s1. The van der Waals surface area contributed by atoms with Gasteiger partial charge in [-0.05, 0) is 80.0 Å². The van der Waals surface area contributed by atoms with Crippen molar-refractivity contribution in [3.8, 4) is 11.5 Å². The Hall–Kier alpha value is -3.76. The fourth-order valence-electron chi connectivity index (χ4n) is 9.05. The first-order valence-corrected chi connectivity index (χ1v) is 17.2. The molecule has 2 aromatic carbocycles. The predicted octanol–water partition coefficient (Wildman–Crippen LogP) is 5.83. The van der Waals surface area contributed by atoms with E-state index in [0.29, 0.717) is 41.1 Å². The summed E-state index contributed by atoms with van der Waals surface area (Å²) < 4.78 is 38.1. The molecule has 2 saturated heterocycles. The molecule has 1 saturated carbocycles. The molecule has 2 aromatic rings. The molecule has 0 spiro atoms. The van der Waals surface area contributed by atoms with Gasteiger partial charge < -0.3 is 33.5 Å². The van der Waals surface area contributed by atoms with Crippen molar-refractivity contribution >= 4 is 11.8 Å². The molecule has 0 amide bonds. The van der Waals surface area contributed by atoms with Crippen molar-refractivity contribution in [2.45, 2.75) is 95.3 Å². The molecule has 0 radical (unpaired) electrons. The normalized spacial score (nSPS) is 35.6. The van der Waals surface area contributed by atoms with Crippen LogP contribution in [0.3, 0.4) is 0 Å². The van der Waals surface area contributed by atoms with Crippen molar-refractivity contribution in [3.63, 3.8) is 0 Å². The summed E-state index contributed by atoms with van der Waals surface area (Å²) in [6, 6.07) is 15.2. The minimum Gasteiger partial charge on any atom is -0.493 e. The van der Waals surface area contributed by atoms with Crippen LogP contribution in [0.4, 0.5) is 0 Å². The van der Waals surface area contributed by atoms with E-state index in [4.69, 9.17) is 28.4 Å². The Labute approximate surface area is 287 Å². The van der Waals surface area contributed by atoms with Crippen LogP contribution in [0.2, 0.25) is 0 Å². The fourth-order valence-corrected chi connectivity index (χ4v) is 9.05. The highest BCUT2D eigenvalue weighted by Gasteiger charge is 2.79. The number of rotatable bonds is 10. The Morgan fingerprint density at radius 1 is 1.08 bits per heavy atom. The SMILES string of the molecule is C=C(C)[C@]12C[C@@H](C)[C@@]34O[C@](Cc5ccccc5)(O[C@@H]1[C@@H]3C=C(COC(=O)Cc1ccc(OC(C)C)c(OC)c1)C[C@]1(O)C(=O)C(C)=C[C@@H]41)O2. The number of fused-ring (bicyclic) bond motifs is 2. The van der Waals surface area contributed by atoms with E-state index in [-0.39, 0.29) is 37.3 Å². The van der Waals surface area contributed by atoms with Crippen molar-refractivity contribution in [1.82, 2.24) is 0 Å². The minimum atomic E-state index is -1.79.